The number of thioether (sulfide) groups is 1. The van der Waals surface area contributed by atoms with Gasteiger partial charge in [0, 0.05) is 6.20 Å². The van der Waals surface area contributed by atoms with E-state index in [1.165, 1.54) is 11.8 Å². The van der Waals surface area contributed by atoms with Crippen molar-refractivity contribution in [2.45, 2.75) is 6.92 Å². The van der Waals surface area contributed by atoms with Crippen LogP contribution in [-0.2, 0) is 0 Å². The molecule has 5 heteroatoms. The summed E-state index contributed by atoms with van der Waals surface area (Å²) in [6.07, 6.45) is 3.39. The molecule has 0 aliphatic rings. The molecule has 72 valence electrons. The van der Waals surface area contributed by atoms with E-state index in [-0.39, 0.29) is 12.4 Å². The van der Waals surface area contributed by atoms with Gasteiger partial charge >= 0.3 is 0 Å². The van der Waals surface area contributed by atoms with Crippen LogP contribution in [-0.4, -0.2) is 15.9 Å². The number of nitrogens with zero attached hydrogens (tertiary/aromatic N) is 2. The van der Waals surface area contributed by atoms with Crippen LogP contribution in [0, 0.1) is 0 Å². The van der Waals surface area contributed by atoms with Crippen LogP contribution < -0.4 is 5.73 Å². The second-order valence-corrected chi connectivity index (χ2v) is 3.38. The molecular weight excluding hydrogens is 206 g/mol. The minimum absolute atomic E-state index is 0. The van der Waals surface area contributed by atoms with Crippen molar-refractivity contribution in [3.05, 3.63) is 24.5 Å². The Kier molecular flexibility index (Phi) is 6.36. The third-order valence-electron chi connectivity index (χ3n) is 1.18. The zero-order valence-corrected chi connectivity index (χ0v) is 8.94. The number of rotatable bonds is 2. The summed E-state index contributed by atoms with van der Waals surface area (Å²) in [5, 5.41) is 0.588. The van der Waals surface area contributed by atoms with Crippen LogP contribution in [0.3, 0.4) is 0 Å². The lowest BCUT2D eigenvalue weighted by atomic mass is 10.4. The first-order chi connectivity index (χ1) is 5.83. The molecule has 0 aliphatic carbocycles. The molecule has 0 fully saturated rings. The predicted molar refractivity (Wildman–Crippen MR) is 60.9 cm³/mol. The molecule has 0 atom stereocenters. The number of hydrogen-bond donors (Lipinski definition) is 1. The van der Waals surface area contributed by atoms with Gasteiger partial charge in [-0.1, -0.05) is 18.7 Å². The molecule has 1 aromatic heterocycles. The first kappa shape index (κ1) is 12.3. The fraction of sp³-hybridized carbons (Fsp3) is 0.250. The van der Waals surface area contributed by atoms with E-state index in [1.807, 2.05) is 19.1 Å². The number of aliphatic imine (C=N–C) groups is 1. The first-order valence-electron chi connectivity index (χ1n) is 3.70. The molecule has 0 aliphatic heterocycles. The summed E-state index contributed by atoms with van der Waals surface area (Å²) in [4.78, 5) is 8.07. The molecule has 0 saturated heterocycles. The summed E-state index contributed by atoms with van der Waals surface area (Å²) in [5.74, 6) is 0.940. The quantitative estimate of drug-likeness (QED) is 0.611. The lowest BCUT2D eigenvalue weighted by Crippen LogP contribution is -2.05. The van der Waals surface area contributed by atoms with Gasteiger partial charge in [-0.25, -0.2) is 4.99 Å². The molecule has 0 spiro atoms. The van der Waals surface area contributed by atoms with Crippen molar-refractivity contribution in [3.8, 4) is 0 Å². The van der Waals surface area contributed by atoms with E-state index in [4.69, 9.17) is 5.73 Å². The van der Waals surface area contributed by atoms with Gasteiger partial charge in [-0.3, -0.25) is 4.98 Å². The summed E-state index contributed by atoms with van der Waals surface area (Å²) < 4.78 is 0. The average Bonchev–Trinajstić information content (AvgIpc) is 2.06. The summed E-state index contributed by atoms with van der Waals surface area (Å²) in [7, 11) is 0. The number of nitrogens with two attached hydrogens (primary N) is 1. The van der Waals surface area contributed by atoms with Gasteiger partial charge in [0.05, 0.1) is 11.9 Å². The smallest absolute Gasteiger partial charge is 0.159 e. The standard InChI is InChI=1S/C8H11N3S.ClH/c1-2-12-8(9)11-7-4-3-5-10-6-7;/h3-6H,2H2,1H3,(H2,9,11);1H. The Morgan fingerprint density at radius 3 is 3.00 bits per heavy atom. The minimum Gasteiger partial charge on any atom is -0.378 e. The fourth-order valence-corrected chi connectivity index (χ4v) is 1.19. The van der Waals surface area contributed by atoms with Gasteiger partial charge in [-0.05, 0) is 17.9 Å². The Bertz CT molecular complexity index is 263. The van der Waals surface area contributed by atoms with E-state index < -0.39 is 0 Å². The van der Waals surface area contributed by atoms with E-state index in [2.05, 4.69) is 9.98 Å². The molecule has 3 nitrogen and oxygen atoms in total. The summed E-state index contributed by atoms with van der Waals surface area (Å²) in [5.41, 5.74) is 6.40. The molecule has 1 aromatic rings. The Morgan fingerprint density at radius 2 is 2.46 bits per heavy atom. The number of pyridine rings is 1. The third-order valence-corrected chi connectivity index (χ3v) is 1.85. The number of halogens is 1. The fourth-order valence-electron chi connectivity index (χ4n) is 0.727. The maximum Gasteiger partial charge on any atom is 0.159 e. The normalized spacial score (nSPS) is 10.7. The van der Waals surface area contributed by atoms with Crippen molar-refractivity contribution in [3.63, 3.8) is 0 Å². The van der Waals surface area contributed by atoms with Gasteiger partial charge in [0.15, 0.2) is 5.17 Å². The third kappa shape index (κ3) is 4.75. The van der Waals surface area contributed by atoms with E-state index in [9.17, 15) is 0 Å². The highest BCUT2D eigenvalue weighted by Crippen LogP contribution is 2.10. The van der Waals surface area contributed by atoms with E-state index in [1.54, 1.807) is 12.4 Å². The first-order valence-corrected chi connectivity index (χ1v) is 4.68. The molecule has 0 bridgehead atoms. The van der Waals surface area contributed by atoms with Crippen molar-refractivity contribution < 1.29 is 0 Å². The molecule has 0 amide bonds. The number of aromatic nitrogens is 1. The number of hydrogen-bond acceptors (Lipinski definition) is 3. The Balaban J connectivity index is 0.00000144. The zero-order chi connectivity index (χ0) is 8.81. The van der Waals surface area contributed by atoms with Crippen molar-refractivity contribution >= 4 is 35.0 Å². The summed E-state index contributed by atoms with van der Waals surface area (Å²) in [6.45, 7) is 2.04. The van der Waals surface area contributed by atoms with Crippen LogP contribution in [0.4, 0.5) is 5.69 Å². The van der Waals surface area contributed by atoms with Crippen LogP contribution >= 0.6 is 24.2 Å². The molecule has 0 unspecified atom stereocenters. The van der Waals surface area contributed by atoms with Crippen molar-refractivity contribution in [1.82, 2.24) is 4.98 Å². The highest BCUT2D eigenvalue weighted by molar-refractivity contribution is 8.13. The second kappa shape index (κ2) is 6.74. The zero-order valence-electron chi connectivity index (χ0n) is 7.30. The molecule has 0 saturated carbocycles. The van der Waals surface area contributed by atoms with Crippen molar-refractivity contribution in [2.75, 3.05) is 5.75 Å². The Labute approximate surface area is 88.3 Å². The predicted octanol–water partition coefficient (Wildman–Crippen LogP) is 2.20. The SMILES string of the molecule is CCSC(N)=Nc1cccnc1.Cl. The highest BCUT2D eigenvalue weighted by Gasteiger charge is 1.91. The van der Waals surface area contributed by atoms with Gasteiger partial charge in [0.25, 0.3) is 0 Å². The van der Waals surface area contributed by atoms with Gasteiger partial charge in [-0.15, -0.1) is 12.4 Å². The van der Waals surface area contributed by atoms with E-state index >= 15 is 0 Å². The lowest BCUT2D eigenvalue weighted by Gasteiger charge is -1.96. The van der Waals surface area contributed by atoms with Gasteiger partial charge in [-0.2, -0.15) is 0 Å². The lowest BCUT2D eigenvalue weighted by molar-refractivity contribution is 1.30. The van der Waals surface area contributed by atoms with E-state index in [0.29, 0.717) is 5.17 Å². The maximum atomic E-state index is 5.60. The van der Waals surface area contributed by atoms with Crippen LogP contribution in [0.1, 0.15) is 6.92 Å². The number of amidine groups is 1. The van der Waals surface area contributed by atoms with Gasteiger partial charge < -0.3 is 5.73 Å². The summed E-state index contributed by atoms with van der Waals surface area (Å²) >= 11 is 1.53. The monoisotopic (exact) mass is 217 g/mol. The molecule has 0 radical (unpaired) electrons. The van der Waals surface area contributed by atoms with Gasteiger partial charge in [0.2, 0.25) is 0 Å². The minimum atomic E-state index is 0. The highest BCUT2D eigenvalue weighted by atomic mass is 35.5. The average molecular weight is 218 g/mol. The van der Waals surface area contributed by atoms with Crippen LogP contribution in [0.25, 0.3) is 0 Å². The van der Waals surface area contributed by atoms with Crippen molar-refractivity contribution in [2.24, 2.45) is 10.7 Å². The van der Waals surface area contributed by atoms with E-state index in [0.717, 1.165) is 11.4 Å². The Hall–Kier alpha value is -0.740. The largest absolute Gasteiger partial charge is 0.378 e. The topological polar surface area (TPSA) is 51.3 Å². The van der Waals surface area contributed by atoms with Crippen molar-refractivity contribution in [1.29, 1.82) is 0 Å². The molecule has 1 heterocycles. The molecule has 13 heavy (non-hydrogen) atoms. The molecular formula is C8H12ClN3S. The Morgan fingerprint density at radius 1 is 1.69 bits per heavy atom. The van der Waals surface area contributed by atoms with Gasteiger partial charge in [0.1, 0.15) is 0 Å². The molecule has 2 N–H and O–H groups in total. The summed E-state index contributed by atoms with van der Waals surface area (Å²) in [6, 6.07) is 3.71. The second-order valence-electron chi connectivity index (χ2n) is 2.09. The maximum absolute atomic E-state index is 5.60. The van der Waals surface area contributed by atoms with Crippen LogP contribution in [0.5, 0.6) is 0 Å². The molecule has 0 aromatic carbocycles. The molecule has 1 rings (SSSR count). The van der Waals surface area contributed by atoms with Crippen LogP contribution in [0.2, 0.25) is 0 Å². The van der Waals surface area contributed by atoms with Crippen LogP contribution in [0.15, 0.2) is 29.5 Å².